The molecule has 162 valence electrons. The number of carbonyl (C=O) groups excluding carboxylic acids is 1. The summed E-state index contributed by atoms with van der Waals surface area (Å²) in [5, 5.41) is 16.5. The number of hydrogen-bond donors (Lipinski definition) is 2. The van der Waals surface area contributed by atoms with Crippen molar-refractivity contribution in [2.45, 2.75) is 27.3 Å². The van der Waals surface area contributed by atoms with Crippen molar-refractivity contribution in [1.29, 1.82) is 0 Å². The standard InChI is InChI=1S/C22H21N3O4.C2H6/c1-3-29-22(28)23-19-6-4-5-16(13-19)14-25-21(27)12-11-20(24-25)18-9-7-17(8-10-18)15(2)26;1-2/h4-13,26H,2-3,14H2,1H3,(H,23,28);1-2H3. The number of anilines is 1. The number of nitrogens with zero attached hydrogens (tertiary/aromatic N) is 2. The van der Waals surface area contributed by atoms with Crippen molar-refractivity contribution in [2.75, 3.05) is 11.9 Å². The van der Waals surface area contributed by atoms with Gasteiger partial charge in [-0.15, -0.1) is 0 Å². The Hall–Kier alpha value is -3.87. The molecule has 0 spiro atoms. The molecule has 0 saturated heterocycles. The molecular formula is C24H27N3O4. The van der Waals surface area contributed by atoms with Gasteiger partial charge in [-0.3, -0.25) is 10.1 Å². The third-order valence-electron chi connectivity index (χ3n) is 4.16. The summed E-state index contributed by atoms with van der Waals surface area (Å²) in [5.74, 6) is -0.00853. The number of aromatic nitrogens is 2. The molecule has 0 bridgehead atoms. The monoisotopic (exact) mass is 421 g/mol. The zero-order valence-corrected chi connectivity index (χ0v) is 18.0. The van der Waals surface area contributed by atoms with Gasteiger partial charge in [0.25, 0.3) is 5.56 Å². The SMILES string of the molecule is C=C(O)c1ccc(-c2ccc(=O)n(Cc3cccc(NC(=O)OCC)c3)n2)cc1.CC. The average molecular weight is 421 g/mol. The molecule has 0 fully saturated rings. The summed E-state index contributed by atoms with van der Waals surface area (Å²) in [6.45, 7) is 9.76. The third-order valence-corrected chi connectivity index (χ3v) is 4.16. The Balaban J connectivity index is 0.00000166. The van der Waals surface area contributed by atoms with Crippen LogP contribution in [0.3, 0.4) is 0 Å². The van der Waals surface area contributed by atoms with Crippen molar-refractivity contribution >= 4 is 17.5 Å². The summed E-state index contributed by atoms with van der Waals surface area (Å²) in [6.07, 6.45) is -0.532. The van der Waals surface area contributed by atoms with Crippen LogP contribution in [-0.2, 0) is 11.3 Å². The van der Waals surface area contributed by atoms with Crippen LogP contribution in [0.2, 0.25) is 0 Å². The molecule has 0 atom stereocenters. The van der Waals surface area contributed by atoms with Gasteiger partial charge in [0, 0.05) is 22.9 Å². The van der Waals surface area contributed by atoms with Gasteiger partial charge in [0.1, 0.15) is 5.76 Å². The predicted octanol–water partition coefficient (Wildman–Crippen LogP) is 5.08. The van der Waals surface area contributed by atoms with Gasteiger partial charge < -0.3 is 9.84 Å². The number of carbonyl (C=O) groups is 1. The average Bonchev–Trinajstić information content (AvgIpc) is 2.77. The van der Waals surface area contributed by atoms with E-state index < -0.39 is 6.09 Å². The highest BCUT2D eigenvalue weighted by Gasteiger charge is 2.07. The van der Waals surface area contributed by atoms with Gasteiger partial charge in [0.05, 0.1) is 18.8 Å². The molecule has 3 rings (SSSR count). The van der Waals surface area contributed by atoms with E-state index in [1.807, 2.05) is 19.9 Å². The van der Waals surface area contributed by atoms with Crippen LogP contribution in [0.5, 0.6) is 0 Å². The van der Waals surface area contributed by atoms with Crippen LogP contribution in [0.1, 0.15) is 31.9 Å². The topological polar surface area (TPSA) is 93.5 Å². The minimum absolute atomic E-state index is 0.00853. The van der Waals surface area contributed by atoms with Gasteiger partial charge in [-0.25, -0.2) is 9.48 Å². The second-order valence-corrected chi connectivity index (χ2v) is 6.28. The number of benzene rings is 2. The lowest BCUT2D eigenvalue weighted by molar-refractivity contribution is 0.168. The Morgan fingerprint density at radius 2 is 1.84 bits per heavy atom. The maximum absolute atomic E-state index is 12.3. The number of amides is 1. The third kappa shape index (κ3) is 6.57. The molecule has 0 saturated carbocycles. The van der Waals surface area contributed by atoms with E-state index in [0.29, 0.717) is 16.9 Å². The molecule has 7 heteroatoms. The highest BCUT2D eigenvalue weighted by atomic mass is 16.5. The van der Waals surface area contributed by atoms with E-state index in [1.165, 1.54) is 10.7 Å². The molecule has 1 heterocycles. The Bertz CT molecular complexity index is 1090. The minimum atomic E-state index is -0.532. The largest absolute Gasteiger partial charge is 0.508 e. The fourth-order valence-corrected chi connectivity index (χ4v) is 2.75. The summed E-state index contributed by atoms with van der Waals surface area (Å²) in [7, 11) is 0. The van der Waals surface area contributed by atoms with E-state index in [-0.39, 0.29) is 24.5 Å². The predicted molar refractivity (Wildman–Crippen MR) is 123 cm³/mol. The highest BCUT2D eigenvalue weighted by Crippen LogP contribution is 2.19. The maximum Gasteiger partial charge on any atom is 0.411 e. The van der Waals surface area contributed by atoms with E-state index in [2.05, 4.69) is 17.0 Å². The van der Waals surface area contributed by atoms with Crippen molar-refractivity contribution in [3.05, 3.63) is 88.7 Å². The number of hydrogen-bond acceptors (Lipinski definition) is 5. The quantitative estimate of drug-likeness (QED) is 0.541. The van der Waals surface area contributed by atoms with Gasteiger partial charge in [-0.1, -0.05) is 56.8 Å². The number of aliphatic hydroxyl groups is 1. The number of ether oxygens (including phenoxy) is 1. The maximum atomic E-state index is 12.3. The van der Waals surface area contributed by atoms with Crippen LogP contribution in [-0.4, -0.2) is 27.6 Å². The normalized spacial score (nSPS) is 9.90. The lowest BCUT2D eigenvalue weighted by Crippen LogP contribution is -2.23. The van der Waals surface area contributed by atoms with E-state index in [1.54, 1.807) is 55.5 Å². The first-order chi connectivity index (χ1) is 15.0. The summed E-state index contributed by atoms with van der Waals surface area (Å²) in [6, 6.07) is 17.3. The summed E-state index contributed by atoms with van der Waals surface area (Å²) in [4.78, 5) is 23.8. The first-order valence-electron chi connectivity index (χ1n) is 10.1. The van der Waals surface area contributed by atoms with Crippen LogP contribution < -0.4 is 10.9 Å². The molecule has 2 N–H and O–H groups in total. The molecule has 0 aliphatic heterocycles. The zero-order valence-electron chi connectivity index (χ0n) is 18.0. The molecular weight excluding hydrogens is 394 g/mol. The smallest absolute Gasteiger partial charge is 0.411 e. The fraction of sp³-hybridized carbons (Fsp3) is 0.208. The summed E-state index contributed by atoms with van der Waals surface area (Å²) in [5.41, 5.74) is 3.19. The molecule has 1 amide bonds. The zero-order chi connectivity index (χ0) is 22.8. The van der Waals surface area contributed by atoms with Crippen LogP contribution in [0.4, 0.5) is 10.5 Å². The van der Waals surface area contributed by atoms with Crippen molar-refractivity contribution in [1.82, 2.24) is 9.78 Å². The van der Waals surface area contributed by atoms with Crippen LogP contribution in [0.25, 0.3) is 17.0 Å². The first-order valence-corrected chi connectivity index (χ1v) is 10.1. The van der Waals surface area contributed by atoms with Crippen molar-refractivity contribution in [2.24, 2.45) is 0 Å². The van der Waals surface area contributed by atoms with Crippen molar-refractivity contribution in [3.63, 3.8) is 0 Å². The van der Waals surface area contributed by atoms with E-state index in [4.69, 9.17) is 4.74 Å². The molecule has 0 radical (unpaired) electrons. The Morgan fingerprint density at radius 1 is 1.13 bits per heavy atom. The summed E-state index contributed by atoms with van der Waals surface area (Å²) >= 11 is 0. The minimum Gasteiger partial charge on any atom is -0.508 e. The number of nitrogens with one attached hydrogen (secondary N) is 1. The lowest BCUT2D eigenvalue weighted by atomic mass is 10.1. The van der Waals surface area contributed by atoms with Gasteiger partial charge in [0.2, 0.25) is 0 Å². The fourth-order valence-electron chi connectivity index (χ4n) is 2.75. The van der Waals surface area contributed by atoms with E-state index in [9.17, 15) is 14.7 Å². The van der Waals surface area contributed by atoms with Gasteiger partial charge in [0.15, 0.2) is 0 Å². The first kappa shape index (κ1) is 23.4. The lowest BCUT2D eigenvalue weighted by Gasteiger charge is -2.10. The molecule has 0 aliphatic rings. The molecule has 7 nitrogen and oxygen atoms in total. The Kier molecular flexibility index (Phi) is 8.57. The number of rotatable bonds is 6. The molecule has 31 heavy (non-hydrogen) atoms. The second kappa shape index (κ2) is 11.3. The Morgan fingerprint density at radius 3 is 2.48 bits per heavy atom. The highest BCUT2D eigenvalue weighted by molar-refractivity contribution is 5.84. The van der Waals surface area contributed by atoms with Crippen LogP contribution in [0.15, 0.2) is 72.0 Å². The summed E-state index contributed by atoms with van der Waals surface area (Å²) < 4.78 is 6.23. The molecule has 3 aromatic rings. The Labute approximate surface area is 181 Å². The van der Waals surface area contributed by atoms with Gasteiger partial charge in [-0.05, 0) is 30.7 Å². The van der Waals surface area contributed by atoms with Crippen LogP contribution >= 0.6 is 0 Å². The molecule has 2 aromatic carbocycles. The van der Waals surface area contributed by atoms with Gasteiger partial charge >= 0.3 is 6.09 Å². The van der Waals surface area contributed by atoms with E-state index >= 15 is 0 Å². The second-order valence-electron chi connectivity index (χ2n) is 6.28. The molecule has 0 aliphatic carbocycles. The molecule has 0 unspecified atom stereocenters. The molecule has 1 aromatic heterocycles. The number of aliphatic hydroxyl groups excluding tert-OH is 1. The van der Waals surface area contributed by atoms with Gasteiger partial charge in [-0.2, -0.15) is 5.10 Å². The van der Waals surface area contributed by atoms with Crippen LogP contribution in [0, 0.1) is 0 Å². The van der Waals surface area contributed by atoms with Crippen molar-refractivity contribution in [3.8, 4) is 11.3 Å². The van der Waals surface area contributed by atoms with E-state index in [0.717, 1.165) is 11.1 Å². The van der Waals surface area contributed by atoms with Crippen molar-refractivity contribution < 1.29 is 14.6 Å².